The van der Waals surface area contributed by atoms with Crippen LogP contribution in [0, 0.1) is 0 Å². The third-order valence-corrected chi connectivity index (χ3v) is 2.94. The summed E-state index contributed by atoms with van der Waals surface area (Å²) in [4.78, 5) is 0. The molecule has 1 heterocycles. The minimum atomic E-state index is -1.74. The van der Waals surface area contributed by atoms with Crippen molar-refractivity contribution in [1.82, 2.24) is 0 Å². The van der Waals surface area contributed by atoms with Crippen LogP contribution in [0.3, 0.4) is 0 Å². The number of benzene rings is 1. The zero-order valence-corrected chi connectivity index (χ0v) is 7.82. The molecular formula is C8H7BO4S. The predicted molar refractivity (Wildman–Crippen MR) is 55.0 cm³/mol. The minimum absolute atomic E-state index is 0.00815. The Labute approximate surface area is 83.8 Å². The van der Waals surface area contributed by atoms with E-state index in [1.807, 2.05) is 0 Å². The molecule has 4 nitrogen and oxygen atoms in total. The number of hydrogen-bond donors (Lipinski definition) is 4. The molecule has 0 radical (unpaired) electrons. The average Bonchev–Trinajstić information content (AvgIpc) is 2.48. The molecule has 14 heavy (non-hydrogen) atoms. The predicted octanol–water partition coefficient (Wildman–Crippen LogP) is -0.00770. The van der Waals surface area contributed by atoms with Crippen LogP contribution in [0.1, 0.15) is 0 Å². The van der Waals surface area contributed by atoms with Crippen molar-refractivity contribution in [2.45, 2.75) is 0 Å². The molecule has 1 aromatic heterocycles. The second kappa shape index (κ2) is 3.16. The first-order valence-electron chi connectivity index (χ1n) is 3.89. The molecule has 0 aliphatic carbocycles. The van der Waals surface area contributed by atoms with Crippen molar-refractivity contribution in [3.05, 3.63) is 17.5 Å². The number of hydrogen-bond acceptors (Lipinski definition) is 5. The van der Waals surface area contributed by atoms with E-state index in [1.165, 1.54) is 22.8 Å². The third-order valence-electron chi connectivity index (χ3n) is 2.00. The van der Waals surface area contributed by atoms with Crippen LogP contribution in [-0.4, -0.2) is 27.4 Å². The minimum Gasteiger partial charge on any atom is -0.507 e. The zero-order chi connectivity index (χ0) is 10.3. The van der Waals surface area contributed by atoms with E-state index in [0.717, 1.165) is 0 Å². The lowest BCUT2D eigenvalue weighted by Crippen LogP contribution is -2.29. The van der Waals surface area contributed by atoms with Crippen molar-refractivity contribution in [2.75, 3.05) is 0 Å². The smallest absolute Gasteiger partial charge is 0.492 e. The molecule has 6 heteroatoms. The molecule has 2 rings (SSSR count). The van der Waals surface area contributed by atoms with Gasteiger partial charge in [-0.05, 0) is 6.07 Å². The summed E-state index contributed by atoms with van der Waals surface area (Å²) in [7, 11) is -1.74. The van der Waals surface area contributed by atoms with Crippen molar-refractivity contribution in [2.24, 2.45) is 0 Å². The van der Waals surface area contributed by atoms with E-state index < -0.39 is 7.12 Å². The van der Waals surface area contributed by atoms with Crippen LogP contribution in [0.25, 0.3) is 10.1 Å². The van der Waals surface area contributed by atoms with Crippen LogP contribution >= 0.6 is 11.3 Å². The van der Waals surface area contributed by atoms with Gasteiger partial charge >= 0.3 is 7.12 Å². The monoisotopic (exact) mass is 210 g/mol. The molecule has 0 spiro atoms. The van der Waals surface area contributed by atoms with Gasteiger partial charge in [-0.2, -0.15) is 0 Å². The van der Waals surface area contributed by atoms with E-state index in [-0.39, 0.29) is 22.3 Å². The summed E-state index contributed by atoms with van der Waals surface area (Å²) < 4.78 is 0.699. The summed E-state index contributed by atoms with van der Waals surface area (Å²) in [6.45, 7) is 0. The van der Waals surface area contributed by atoms with E-state index in [1.54, 1.807) is 6.07 Å². The maximum Gasteiger partial charge on any atom is 0.492 e. The number of phenolic OH excluding ortho intramolecular Hbond substituents is 1. The Morgan fingerprint density at radius 3 is 2.50 bits per heavy atom. The number of aromatic hydroxyl groups is 2. The van der Waals surface area contributed by atoms with Gasteiger partial charge in [0.2, 0.25) is 0 Å². The molecular weight excluding hydrogens is 203 g/mol. The van der Waals surface area contributed by atoms with Crippen LogP contribution in [0.15, 0.2) is 17.5 Å². The summed E-state index contributed by atoms with van der Waals surface area (Å²) in [6, 6.07) is 3.03. The summed E-state index contributed by atoms with van der Waals surface area (Å²) in [6.07, 6.45) is 0. The first-order chi connectivity index (χ1) is 6.61. The Kier molecular flexibility index (Phi) is 2.11. The van der Waals surface area contributed by atoms with Crippen LogP contribution in [0.5, 0.6) is 11.5 Å². The first kappa shape index (κ1) is 9.33. The summed E-state index contributed by atoms with van der Waals surface area (Å²) in [5.74, 6) is -0.332. The highest BCUT2D eigenvalue weighted by Gasteiger charge is 2.19. The van der Waals surface area contributed by atoms with Crippen molar-refractivity contribution < 1.29 is 20.3 Å². The van der Waals surface area contributed by atoms with Crippen molar-refractivity contribution in [3.63, 3.8) is 0 Å². The lowest BCUT2D eigenvalue weighted by Gasteiger charge is -2.04. The lowest BCUT2D eigenvalue weighted by molar-refractivity contribution is 0.420. The first-order valence-corrected chi connectivity index (χ1v) is 4.77. The highest BCUT2D eigenvalue weighted by atomic mass is 32.1. The van der Waals surface area contributed by atoms with Gasteiger partial charge in [-0.15, -0.1) is 11.3 Å². The van der Waals surface area contributed by atoms with Gasteiger partial charge in [-0.3, -0.25) is 0 Å². The maximum absolute atomic E-state index is 9.62. The molecule has 0 amide bonds. The van der Waals surface area contributed by atoms with E-state index in [2.05, 4.69) is 0 Å². The highest BCUT2D eigenvalue weighted by molar-refractivity contribution is 7.17. The lowest BCUT2D eigenvalue weighted by atomic mass is 9.79. The molecule has 0 bridgehead atoms. The van der Waals surface area contributed by atoms with Gasteiger partial charge in [-0.1, -0.05) is 6.07 Å². The Bertz CT molecular complexity index is 479. The van der Waals surface area contributed by atoms with Gasteiger partial charge in [0.1, 0.15) is 11.5 Å². The van der Waals surface area contributed by atoms with E-state index in [0.29, 0.717) is 4.70 Å². The standard InChI is InChI=1S/C8H7BO4S/c10-5-3-14-6-2-1-4(9(12)13)8(11)7(5)6/h1-3,10-13H. The van der Waals surface area contributed by atoms with Crippen molar-refractivity contribution in [3.8, 4) is 11.5 Å². The molecule has 4 N–H and O–H groups in total. The SMILES string of the molecule is OB(O)c1ccc2scc(O)c2c1O. The third kappa shape index (κ3) is 1.24. The Morgan fingerprint density at radius 2 is 1.86 bits per heavy atom. The van der Waals surface area contributed by atoms with Gasteiger partial charge in [0.15, 0.2) is 0 Å². The van der Waals surface area contributed by atoms with Crippen LogP contribution in [-0.2, 0) is 0 Å². The van der Waals surface area contributed by atoms with Gasteiger partial charge < -0.3 is 20.3 Å². The number of rotatable bonds is 1. The van der Waals surface area contributed by atoms with Crippen molar-refractivity contribution >= 4 is 34.0 Å². The molecule has 0 unspecified atom stereocenters. The van der Waals surface area contributed by atoms with E-state index >= 15 is 0 Å². The van der Waals surface area contributed by atoms with E-state index in [4.69, 9.17) is 10.0 Å². The van der Waals surface area contributed by atoms with Gasteiger partial charge in [0.05, 0.1) is 5.39 Å². The Hall–Kier alpha value is -1.24. The van der Waals surface area contributed by atoms with E-state index in [9.17, 15) is 10.2 Å². The molecule has 0 saturated heterocycles. The molecule has 72 valence electrons. The normalized spacial score (nSPS) is 10.7. The molecule has 0 saturated carbocycles. The Morgan fingerprint density at radius 1 is 1.14 bits per heavy atom. The number of phenols is 1. The highest BCUT2D eigenvalue weighted by Crippen LogP contribution is 2.36. The number of fused-ring (bicyclic) bond motifs is 1. The Balaban J connectivity index is 2.79. The average molecular weight is 210 g/mol. The van der Waals surface area contributed by atoms with Crippen LogP contribution in [0.2, 0.25) is 0 Å². The molecule has 0 fully saturated rings. The fourth-order valence-corrected chi connectivity index (χ4v) is 2.14. The molecule has 1 aromatic carbocycles. The molecule has 0 atom stereocenters. The second-order valence-corrected chi connectivity index (χ2v) is 3.78. The largest absolute Gasteiger partial charge is 0.507 e. The summed E-state index contributed by atoms with van der Waals surface area (Å²) >= 11 is 1.28. The molecule has 0 aliphatic rings. The van der Waals surface area contributed by atoms with Gasteiger partial charge in [0.25, 0.3) is 0 Å². The fraction of sp³-hybridized carbons (Fsp3) is 0. The second-order valence-electron chi connectivity index (χ2n) is 2.87. The topological polar surface area (TPSA) is 80.9 Å². The maximum atomic E-state index is 9.62. The molecule has 2 aromatic rings. The zero-order valence-electron chi connectivity index (χ0n) is 7.01. The quantitative estimate of drug-likeness (QED) is 0.499. The van der Waals surface area contributed by atoms with Crippen LogP contribution in [0.4, 0.5) is 0 Å². The van der Waals surface area contributed by atoms with Gasteiger partial charge in [0, 0.05) is 15.5 Å². The van der Waals surface area contributed by atoms with Crippen molar-refractivity contribution in [1.29, 1.82) is 0 Å². The van der Waals surface area contributed by atoms with Gasteiger partial charge in [-0.25, -0.2) is 0 Å². The number of thiophene rings is 1. The van der Waals surface area contributed by atoms with Crippen LogP contribution < -0.4 is 5.46 Å². The molecule has 0 aliphatic heterocycles. The fourth-order valence-electron chi connectivity index (χ4n) is 1.32. The summed E-state index contributed by atoms with van der Waals surface area (Å²) in [5.41, 5.74) is -0.00815. The summed E-state index contributed by atoms with van der Waals surface area (Å²) in [5, 5.41) is 38.6.